The Bertz CT molecular complexity index is 2790. The monoisotopic (exact) mass is 999 g/mol. The number of carbonyl (C=O) groups is 5. The van der Waals surface area contributed by atoms with Gasteiger partial charge in [0.25, 0.3) is 11.8 Å². The number of methoxy groups -OCH3 is 3. The molecule has 0 aromatic heterocycles. The van der Waals surface area contributed by atoms with E-state index >= 15 is 0 Å². The zero-order valence-corrected chi connectivity index (χ0v) is 42.3. The number of aliphatic hydroxyl groups is 1. The summed E-state index contributed by atoms with van der Waals surface area (Å²) in [5.41, 5.74) is 11.1. The number of anilines is 1. The van der Waals surface area contributed by atoms with Crippen molar-refractivity contribution >= 4 is 40.9 Å². The van der Waals surface area contributed by atoms with Gasteiger partial charge in [-0.25, -0.2) is 9.69 Å². The van der Waals surface area contributed by atoms with E-state index in [4.69, 9.17) is 34.2 Å². The van der Waals surface area contributed by atoms with E-state index in [2.05, 4.69) is 5.32 Å². The van der Waals surface area contributed by atoms with E-state index in [0.29, 0.717) is 54.0 Å². The van der Waals surface area contributed by atoms with Crippen LogP contribution in [-0.2, 0) is 33.8 Å². The third-order valence-corrected chi connectivity index (χ3v) is 15.0. The largest absolute Gasteiger partial charge is 0.497 e. The average Bonchev–Trinajstić information content (AvgIpc) is 3.90. The fourth-order valence-corrected chi connectivity index (χ4v) is 10.3. The summed E-state index contributed by atoms with van der Waals surface area (Å²) in [7, 11) is 4.65. The number of aryl methyl sites for hydroxylation is 1. The van der Waals surface area contributed by atoms with Gasteiger partial charge >= 0.3 is 6.09 Å². The molecule has 4 aromatic rings. The van der Waals surface area contributed by atoms with Crippen LogP contribution < -0.4 is 39.6 Å². The number of rotatable bonds is 18. The standard InChI is InChI=1S/C56H65N5O12/c1-32(2)50(57)51(63)58-33(3)45(62)22-34-8-10-35(11-9-34)30-73-55(67)61-43-27-49(47(70-6)26-42(43)53(65)60-31-56(18-19-56)28-44(60)54(61)66)72-21-7-20-71-48-24-37-12-15-39-23-38(36-13-16-40(68-4)17-14-36)29-59(39)52(64)41(37)25-46(48)69-5/h8-11,13-14,16-17,24-27,29,32-33,39,44,50,54,66H,7,12,15,18-23,28,30-31,57H2,1-6H3,(H,58,63)/t33?,39-,44-,50+,54?/m0/s1. The molecule has 386 valence electrons. The van der Waals surface area contributed by atoms with Crippen LogP contribution in [0.1, 0.15) is 102 Å². The molecule has 5 aliphatic rings. The Hall–Kier alpha value is -7.11. The van der Waals surface area contributed by atoms with Crippen LogP contribution in [0.15, 0.2) is 79.0 Å². The van der Waals surface area contributed by atoms with E-state index in [-0.39, 0.29) is 89.9 Å². The Morgan fingerprint density at radius 2 is 1.48 bits per heavy atom. The summed E-state index contributed by atoms with van der Waals surface area (Å²) >= 11 is 0. The van der Waals surface area contributed by atoms with Gasteiger partial charge in [0, 0.05) is 43.3 Å². The summed E-state index contributed by atoms with van der Waals surface area (Å²) in [6.45, 7) is 5.99. The normalized spacial score (nSPS) is 20.2. The Morgan fingerprint density at radius 3 is 2.12 bits per heavy atom. The van der Waals surface area contributed by atoms with E-state index in [1.165, 1.54) is 13.2 Å². The molecule has 4 aromatic carbocycles. The van der Waals surface area contributed by atoms with E-state index in [0.717, 1.165) is 53.0 Å². The van der Waals surface area contributed by atoms with Gasteiger partial charge in [0.1, 0.15) is 12.4 Å². The summed E-state index contributed by atoms with van der Waals surface area (Å²) in [6, 6.07) is 19.5. The van der Waals surface area contributed by atoms with Crippen LogP contribution in [0.4, 0.5) is 10.5 Å². The van der Waals surface area contributed by atoms with E-state index in [9.17, 15) is 29.1 Å². The predicted octanol–water partition coefficient (Wildman–Crippen LogP) is 6.83. The van der Waals surface area contributed by atoms with Crippen LogP contribution in [0.5, 0.6) is 28.7 Å². The number of amides is 4. The van der Waals surface area contributed by atoms with Crippen LogP contribution in [0, 0.1) is 11.3 Å². The van der Waals surface area contributed by atoms with Crippen molar-refractivity contribution in [2.75, 3.05) is 46.0 Å². The Balaban J connectivity index is 0.856. The maximum atomic E-state index is 14.3. The number of ether oxygens (including phenoxy) is 6. The minimum Gasteiger partial charge on any atom is -0.497 e. The maximum Gasteiger partial charge on any atom is 0.416 e. The number of carbonyl (C=O) groups excluding carboxylic acids is 5. The summed E-state index contributed by atoms with van der Waals surface area (Å²) in [5.74, 6) is 1.18. The quantitative estimate of drug-likeness (QED) is 0.0875. The van der Waals surface area contributed by atoms with Crippen molar-refractivity contribution in [3.8, 4) is 28.7 Å². The van der Waals surface area contributed by atoms with Gasteiger partial charge in [-0.2, -0.15) is 0 Å². The van der Waals surface area contributed by atoms with Gasteiger partial charge < -0.3 is 54.4 Å². The van der Waals surface area contributed by atoms with E-state index < -0.39 is 30.4 Å². The van der Waals surface area contributed by atoms with Crippen LogP contribution in [-0.4, -0.2) is 116 Å². The summed E-state index contributed by atoms with van der Waals surface area (Å²) in [4.78, 5) is 72.6. The molecule has 1 saturated carbocycles. The number of fused-ring (bicyclic) bond motifs is 4. The van der Waals surface area contributed by atoms with Crippen LogP contribution in [0.3, 0.4) is 0 Å². The first-order chi connectivity index (χ1) is 35.1. The molecule has 4 aliphatic heterocycles. The van der Waals surface area contributed by atoms with Gasteiger partial charge in [-0.1, -0.05) is 50.2 Å². The Labute approximate surface area is 425 Å². The number of benzene rings is 4. The molecule has 9 rings (SSSR count). The molecule has 0 radical (unpaired) electrons. The fraction of sp³-hybridized carbons (Fsp3) is 0.446. The molecule has 2 unspecified atom stereocenters. The van der Waals surface area contributed by atoms with Crippen LogP contribution in [0.2, 0.25) is 0 Å². The first-order valence-electron chi connectivity index (χ1n) is 25.1. The van der Waals surface area contributed by atoms with Crippen molar-refractivity contribution in [1.82, 2.24) is 15.1 Å². The number of nitrogens with two attached hydrogens (primary N) is 1. The maximum absolute atomic E-state index is 14.3. The molecule has 4 heterocycles. The van der Waals surface area contributed by atoms with E-state index in [1.807, 2.05) is 55.3 Å². The van der Waals surface area contributed by atoms with Crippen molar-refractivity contribution in [1.29, 1.82) is 0 Å². The van der Waals surface area contributed by atoms with Gasteiger partial charge in [-0.05, 0) is 115 Å². The lowest BCUT2D eigenvalue weighted by Crippen LogP contribution is -2.50. The van der Waals surface area contributed by atoms with Crippen molar-refractivity contribution in [2.45, 2.75) is 109 Å². The highest BCUT2D eigenvalue weighted by Gasteiger charge is 2.58. The van der Waals surface area contributed by atoms with Gasteiger partial charge in [0.05, 0.1) is 63.9 Å². The zero-order chi connectivity index (χ0) is 51.7. The highest BCUT2D eigenvalue weighted by atomic mass is 16.6. The second kappa shape index (κ2) is 21.2. The predicted molar refractivity (Wildman–Crippen MR) is 271 cm³/mol. The van der Waals surface area contributed by atoms with Gasteiger partial charge in [0.2, 0.25) is 5.91 Å². The summed E-state index contributed by atoms with van der Waals surface area (Å²) < 4.78 is 35.2. The van der Waals surface area contributed by atoms with Gasteiger partial charge in [0.15, 0.2) is 35.0 Å². The summed E-state index contributed by atoms with van der Waals surface area (Å²) in [6.07, 6.45) is 4.79. The second-order valence-corrected chi connectivity index (χ2v) is 20.2. The molecule has 2 fully saturated rings. The van der Waals surface area contributed by atoms with Crippen LogP contribution >= 0.6 is 0 Å². The van der Waals surface area contributed by atoms with Crippen molar-refractivity contribution < 1.29 is 57.5 Å². The lowest BCUT2D eigenvalue weighted by molar-refractivity contribution is -0.128. The lowest BCUT2D eigenvalue weighted by Gasteiger charge is -2.31. The van der Waals surface area contributed by atoms with Crippen molar-refractivity contribution in [3.05, 3.63) is 112 Å². The number of ketones is 1. The molecular weight excluding hydrogens is 935 g/mol. The SMILES string of the molecule is COc1ccc(C2=CN3C(=O)c4cc(OC)c(OCCCOc5cc6c(cc5OC)C(=O)N5CC7(CC7)C[C@H]5C(O)N6C(=O)OCc5ccc(CC(=O)C(C)NC(=O)[C@H](N)C(C)C)cc5)cc4CC[C@H]3C2)cc1. The average molecular weight is 1000 g/mol. The number of aliphatic hydroxyl groups excluding tert-OH is 1. The molecule has 17 nitrogen and oxygen atoms in total. The zero-order valence-electron chi connectivity index (χ0n) is 42.3. The fourth-order valence-electron chi connectivity index (χ4n) is 10.3. The van der Waals surface area contributed by atoms with Crippen LogP contribution in [0.25, 0.3) is 5.57 Å². The smallest absolute Gasteiger partial charge is 0.416 e. The highest BCUT2D eigenvalue weighted by Crippen LogP contribution is 2.57. The molecule has 1 saturated heterocycles. The molecule has 1 aliphatic carbocycles. The molecule has 73 heavy (non-hydrogen) atoms. The summed E-state index contributed by atoms with van der Waals surface area (Å²) in [5, 5.41) is 14.8. The Morgan fingerprint density at radius 1 is 0.822 bits per heavy atom. The first kappa shape index (κ1) is 50.8. The van der Waals surface area contributed by atoms with E-state index in [1.54, 1.807) is 62.4 Å². The van der Waals surface area contributed by atoms with Crippen molar-refractivity contribution in [2.24, 2.45) is 17.1 Å². The number of hydrogen-bond donors (Lipinski definition) is 3. The minimum atomic E-state index is -1.42. The molecule has 4 N–H and O–H groups in total. The second-order valence-electron chi connectivity index (χ2n) is 20.2. The third kappa shape index (κ3) is 10.6. The number of nitrogens with one attached hydrogen (secondary N) is 1. The molecule has 1 spiro atoms. The van der Waals surface area contributed by atoms with Crippen molar-refractivity contribution in [3.63, 3.8) is 0 Å². The molecule has 4 amide bonds. The lowest BCUT2D eigenvalue weighted by atomic mass is 9.97. The molecule has 0 bridgehead atoms. The molecule has 5 atom stereocenters. The number of hydrogen-bond acceptors (Lipinski definition) is 13. The Kier molecular flexibility index (Phi) is 14.7. The van der Waals surface area contributed by atoms with Gasteiger partial charge in [-0.15, -0.1) is 0 Å². The van der Waals surface area contributed by atoms with Gasteiger partial charge in [-0.3, -0.25) is 19.2 Å². The third-order valence-electron chi connectivity index (χ3n) is 15.0. The first-order valence-corrected chi connectivity index (χ1v) is 25.1. The molecular formula is C56H65N5O12. The minimum absolute atomic E-state index is 0.0311. The number of nitrogens with zero attached hydrogens (tertiary/aromatic N) is 3. The molecule has 17 heteroatoms. The highest BCUT2D eigenvalue weighted by molar-refractivity contribution is 6.06. The number of Topliss-reactive ketones (excluding diaryl/α,β-unsaturated/α-hetero) is 1. The topological polar surface area (TPSA) is 209 Å².